The Hall–Kier alpha value is -4.52. The van der Waals surface area contributed by atoms with E-state index >= 15 is 0 Å². The zero-order valence-electron chi connectivity index (χ0n) is 27.8. The largest absolute Gasteiger partial charge is 0.496 e. The topological polar surface area (TPSA) is 117 Å². The lowest BCUT2D eigenvalue weighted by Crippen LogP contribution is -2.62. The molecule has 0 radical (unpaired) electrons. The molecule has 3 aliphatic heterocycles. The van der Waals surface area contributed by atoms with E-state index in [1.54, 1.807) is 50.5 Å². The number of anilines is 1. The SMILES string of the molecule is COc1cc(-c2cn(C)c(=O)c3cnccc23)cc(OC)c1CN1CCN(C2CCN(C3CN(c4ccc(C(=O)O)nc4)C3)CC2)CC1. The van der Waals surface area contributed by atoms with Crippen molar-refractivity contribution < 1.29 is 19.4 Å². The van der Waals surface area contributed by atoms with Crippen molar-refractivity contribution in [3.05, 3.63) is 76.7 Å². The van der Waals surface area contributed by atoms with E-state index in [-0.39, 0.29) is 11.3 Å². The maximum absolute atomic E-state index is 12.7. The van der Waals surface area contributed by atoms with Crippen molar-refractivity contribution in [2.75, 3.05) is 71.5 Å². The third-order valence-corrected chi connectivity index (χ3v) is 10.4. The first-order valence-electron chi connectivity index (χ1n) is 16.7. The van der Waals surface area contributed by atoms with E-state index in [0.717, 1.165) is 98.2 Å². The molecule has 1 N–H and O–H groups in total. The summed E-state index contributed by atoms with van der Waals surface area (Å²) in [5.74, 6) is 0.558. The number of aromatic nitrogens is 3. The van der Waals surface area contributed by atoms with Crippen LogP contribution in [0.15, 0.2) is 59.9 Å². The number of hydrogen-bond donors (Lipinski definition) is 1. The van der Waals surface area contributed by atoms with E-state index in [9.17, 15) is 9.59 Å². The maximum atomic E-state index is 12.7. The average Bonchev–Trinajstić information content (AvgIpc) is 3.10. The van der Waals surface area contributed by atoms with Crippen LogP contribution < -0.4 is 19.9 Å². The number of nitrogens with zero attached hydrogens (tertiary/aromatic N) is 7. The molecule has 4 aromatic rings. The number of ether oxygens (including phenoxy) is 2. The maximum Gasteiger partial charge on any atom is 0.354 e. The molecule has 12 heteroatoms. The zero-order chi connectivity index (χ0) is 33.4. The van der Waals surface area contributed by atoms with Gasteiger partial charge in [-0.2, -0.15) is 0 Å². The molecule has 252 valence electrons. The number of piperidine rings is 1. The summed E-state index contributed by atoms with van der Waals surface area (Å²) in [4.78, 5) is 42.1. The Balaban J connectivity index is 0.940. The first-order chi connectivity index (χ1) is 23.3. The summed E-state index contributed by atoms with van der Waals surface area (Å²) in [6.07, 6.45) is 9.24. The summed E-state index contributed by atoms with van der Waals surface area (Å²) in [5.41, 5.74) is 3.88. The minimum Gasteiger partial charge on any atom is -0.496 e. The zero-order valence-corrected chi connectivity index (χ0v) is 27.8. The second kappa shape index (κ2) is 13.5. The number of aryl methyl sites for hydroxylation is 1. The van der Waals surface area contributed by atoms with Crippen LogP contribution in [-0.4, -0.2) is 119 Å². The molecule has 0 atom stereocenters. The van der Waals surface area contributed by atoms with Crippen LogP contribution in [0.2, 0.25) is 0 Å². The van der Waals surface area contributed by atoms with E-state index in [0.29, 0.717) is 17.5 Å². The number of benzene rings is 1. The van der Waals surface area contributed by atoms with Gasteiger partial charge in [0, 0.05) is 102 Å². The Bertz CT molecular complexity index is 1820. The van der Waals surface area contributed by atoms with Crippen LogP contribution in [0.4, 0.5) is 5.69 Å². The molecular formula is C36H43N7O5. The fourth-order valence-electron chi connectivity index (χ4n) is 7.56. The van der Waals surface area contributed by atoms with Gasteiger partial charge in [0.2, 0.25) is 0 Å². The van der Waals surface area contributed by atoms with E-state index in [4.69, 9.17) is 14.6 Å². The predicted molar refractivity (Wildman–Crippen MR) is 184 cm³/mol. The lowest BCUT2D eigenvalue weighted by molar-refractivity contribution is 0.0407. The summed E-state index contributed by atoms with van der Waals surface area (Å²) in [6, 6.07) is 10.6. The number of methoxy groups -OCH3 is 2. The highest BCUT2D eigenvalue weighted by molar-refractivity contribution is 5.95. The molecule has 1 aromatic carbocycles. The molecular weight excluding hydrogens is 610 g/mol. The third-order valence-electron chi connectivity index (χ3n) is 10.4. The first-order valence-corrected chi connectivity index (χ1v) is 16.7. The van der Waals surface area contributed by atoms with Crippen molar-refractivity contribution in [1.29, 1.82) is 0 Å². The number of aromatic carboxylic acids is 1. The average molecular weight is 654 g/mol. The summed E-state index contributed by atoms with van der Waals surface area (Å²) in [5, 5.41) is 10.5. The lowest BCUT2D eigenvalue weighted by atomic mass is 9.97. The van der Waals surface area contributed by atoms with Gasteiger partial charge in [0.1, 0.15) is 17.2 Å². The lowest BCUT2D eigenvalue weighted by Gasteiger charge is -2.50. The number of hydrogen-bond acceptors (Lipinski definition) is 10. The van der Waals surface area contributed by atoms with Gasteiger partial charge < -0.3 is 24.0 Å². The molecule has 0 saturated carbocycles. The van der Waals surface area contributed by atoms with Gasteiger partial charge in [-0.25, -0.2) is 9.78 Å². The van der Waals surface area contributed by atoms with Crippen molar-refractivity contribution in [3.8, 4) is 22.6 Å². The van der Waals surface area contributed by atoms with Gasteiger partial charge in [-0.05, 0) is 54.1 Å². The number of piperazine rings is 1. The number of pyridine rings is 3. The number of likely N-dealkylation sites (tertiary alicyclic amines) is 1. The fourth-order valence-corrected chi connectivity index (χ4v) is 7.56. The Morgan fingerprint density at radius 1 is 0.896 bits per heavy atom. The molecule has 0 unspecified atom stereocenters. The van der Waals surface area contributed by atoms with Crippen LogP contribution in [0.3, 0.4) is 0 Å². The fraction of sp³-hybridized carbons (Fsp3) is 0.444. The summed E-state index contributed by atoms with van der Waals surface area (Å²) >= 11 is 0. The third kappa shape index (κ3) is 6.23. The number of carboxylic acids is 1. The highest BCUT2D eigenvalue weighted by atomic mass is 16.5. The molecule has 3 aliphatic rings. The molecule has 3 fully saturated rings. The Labute approximate surface area is 280 Å². The highest BCUT2D eigenvalue weighted by Crippen LogP contribution is 2.38. The van der Waals surface area contributed by atoms with E-state index in [1.807, 2.05) is 18.3 Å². The van der Waals surface area contributed by atoms with Crippen LogP contribution >= 0.6 is 0 Å². The van der Waals surface area contributed by atoms with Gasteiger partial charge >= 0.3 is 5.97 Å². The standard InChI is InChI=1S/C36H43N7O5/c1-39-22-30(28-6-9-37-19-29(28)35(39)44)24-16-33(47-2)31(34(17-24)48-3)23-40-12-14-42(15-13-40)25-7-10-41(11-8-25)27-20-43(21-27)26-4-5-32(36(45)46)38-18-26/h4-6,9,16-19,22,25,27H,7-8,10-15,20-21,23H2,1-3H3,(H,45,46). The summed E-state index contributed by atoms with van der Waals surface area (Å²) in [7, 11) is 5.16. The summed E-state index contributed by atoms with van der Waals surface area (Å²) in [6.45, 7) is 8.95. The van der Waals surface area contributed by atoms with Crippen molar-refractivity contribution in [2.24, 2.45) is 7.05 Å². The van der Waals surface area contributed by atoms with Crippen LogP contribution in [0.1, 0.15) is 28.9 Å². The van der Waals surface area contributed by atoms with Crippen molar-refractivity contribution in [2.45, 2.75) is 31.5 Å². The Kier molecular flexibility index (Phi) is 9.04. The molecule has 0 spiro atoms. The Morgan fingerprint density at radius 3 is 2.21 bits per heavy atom. The molecule has 48 heavy (non-hydrogen) atoms. The van der Waals surface area contributed by atoms with E-state index in [1.165, 1.54) is 12.8 Å². The van der Waals surface area contributed by atoms with Crippen LogP contribution in [0.25, 0.3) is 21.9 Å². The van der Waals surface area contributed by atoms with Crippen LogP contribution in [-0.2, 0) is 13.6 Å². The van der Waals surface area contributed by atoms with Crippen molar-refractivity contribution >= 4 is 22.4 Å². The molecule has 0 bridgehead atoms. The molecule has 0 aliphatic carbocycles. The molecule has 3 aromatic heterocycles. The molecule has 0 amide bonds. The quantitative estimate of drug-likeness (QED) is 0.287. The normalized spacial score (nSPS) is 18.6. The molecule has 7 rings (SSSR count). The molecule has 12 nitrogen and oxygen atoms in total. The highest BCUT2D eigenvalue weighted by Gasteiger charge is 2.36. The van der Waals surface area contributed by atoms with Gasteiger partial charge in [-0.3, -0.25) is 24.5 Å². The number of fused-ring (bicyclic) bond motifs is 1. The minimum absolute atomic E-state index is 0.0752. The molecule has 3 saturated heterocycles. The second-order valence-corrected chi connectivity index (χ2v) is 13.1. The number of rotatable bonds is 9. The Morgan fingerprint density at radius 2 is 1.58 bits per heavy atom. The number of carbonyl (C=O) groups is 1. The number of carboxylic acid groups (broad SMARTS) is 1. The summed E-state index contributed by atoms with van der Waals surface area (Å²) < 4.78 is 13.5. The van der Waals surface area contributed by atoms with Crippen molar-refractivity contribution in [1.82, 2.24) is 29.2 Å². The monoisotopic (exact) mass is 653 g/mol. The second-order valence-electron chi connectivity index (χ2n) is 13.1. The predicted octanol–water partition coefficient (Wildman–Crippen LogP) is 3.18. The van der Waals surface area contributed by atoms with Crippen LogP contribution in [0, 0.1) is 0 Å². The van der Waals surface area contributed by atoms with Crippen molar-refractivity contribution in [3.63, 3.8) is 0 Å². The smallest absolute Gasteiger partial charge is 0.354 e. The van der Waals surface area contributed by atoms with Gasteiger partial charge in [-0.15, -0.1) is 0 Å². The van der Waals surface area contributed by atoms with Gasteiger partial charge in [0.05, 0.1) is 37.1 Å². The van der Waals surface area contributed by atoms with E-state index < -0.39 is 5.97 Å². The first kappa shape index (κ1) is 32.0. The minimum atomic E-state index is -0.995. The molecule has 6 heterocycles. The van der Waals surface area contributed by atoms with Gasteiger partial charge in [0.15, 0.2) is 0 Å². The van der Waals surface area contributed by atoms with Gasteiger partial charge in [-0.1, -0.05) is 0 Å². The van der Waals surface area contributed by atoms with Gasteiger partial charge in [0.25, 0.3) is 5.56 Å². The van der Waals surface area contributed by atoms with Crippen LogP contribution in [0.5, 0.6) is 11.5 Å². The van der Waals surface area contributed by atoms with E-state index in [2.05, 4.69) is 41.7 Å².